The van der Waals surface area contributed by atoms with E-state index in [4.69, 9.17) is 5.11 Å². The number of aliphatic carboxylic acids is 1. The Labute approximate surface area is 107 Å². The average molecular weight is 245 g/mol. The van der Waals surface area contributed by atoms with E-state index >= 15 is 0 Å². The lowest BCUT2D eigenvalue weighted by Gasteiger charge is -2.07. The molecule has 1 aromatic carbocycles. The summed E-state index contributed by atoms with van der Waals surface area (Å²) in [6.45, 7) is 9.11. The zero-order valence-electron chi connectivity index (χ0n) is 11.4. The molecule has 0 atom stereocenters. The molecule has 0 aliphatic carbocycles. The van der Waals surface area contributed by atoms with Crippen molar-refractivity contribution in [2.45, 2.75) is 40.7 Å². The monoisotopic (exact) mass is 245 g/mol. The van der Waals surface area contributed by atoms with Gasteiger partial charge in [-0.2, -0.15) is 0 Å². The number of aryl methyl sites for hydroxylation is 3. The highest BCUT2D eigenvalue weighted by molar-refractivity contribution is 5.93. The highest BCUT2D eigenvalue weighted by Gasteiger charge is 2.18. The number of carboxylic acid groups (broad SMARTS) is 1. The number of carbonyl (C=O) groups is 1. The van der Waals surface area contributed by atoms with E-state index in [1.54, 1.807) is 0 Å². The molecule has 2 rings (SSSR count). The van der Waals surface area contributed by atoms with Crippen LogP contribution in [0.15, 0.2) is 12.1 Å². The molecule has 2 aromatic rings. The van der Waals surface area contributed by atoms with Crippen molar-refractivity contribution in [2.24, 2.45) is 0 Å². The Balaban J connectivity index is 2.89. The van der Waals surface area contributed by atoms with Crippen molar-refractivity contribution in [3.8, 4) is 0 Å². The molecule has 0 amide bonds. The number of hydrogen-bond acceptors (Lipinski definition) is 1. The van der Waals surface area contributed by atoms with Gasteiger partial charge >= 0.3 is 5.97 Å². The Bertz CT molecular complexity index is 623. The summed E-state index contributed by atoms with van der Waals surface area (Å²) in [5.41, 5.74) is 5.58. The highest BCUT2D eigenvalue weighted by Crippen LogP contribution is 2.31. The van der Waals surface area contributed by atoms with Crippen molar-refractivity contribution >= 4 is 16.9 Å². The van der Waals surface area contributed by atoms with Gasteiger partial charge in [0.25, 0.3) is 0 Å². The predicted molar refractivity (Wildman–Crippen MR) is 73.2 cm³/mol. The fourth-order valence-corrected chi connectivity index (χ4v) is 2.80. The number of hydrogen-bond donors (Lipinski definition) is 1. The van der Waals surface area contributed by atoms with Gasteiger partial charge in [0.2, 0.25) is 0 Å². The summed E-state index contributed by atoms with van der Waals surface area (Å²) >= 11 is 0. The van der Waals surface area contributed by atoms with Crippen molar-refractivity contribution in [3.05, 3.63) is 34.5 Å². The van der Waals surface area contributed by atoms with Crippen LogP contribution in [0.5, 0.6) is 0 Å². The fraction of sp³-hybridized carbons (Fsp3) is 0.400. The first-order chi connectivity index (χ1) is 8.47. The van der Waals surface area contributed by atoms with Gasteiger partial charge in [0, 0.05) is 17.6 Å². The average Bonchev–Trinajstić information content (AvgIpc) is 2.58. The van der Waals surface area contributed by atoms with Crippen LogP contribution in [-0.4, -0.2) is 15.6 Å². The van der Waals surface area contributed by atoms with Crippen LogP contribution in [0.2, 0.25) is 0 Å². The number of fused-ring (bicyclic) bond motifs is 1. The highest BCUT2D eigenvalue weighted by atomic mass is 16.4. The molecular formula is C15H19NO2. The zero-order chi connectivity index (χ0) is 13.4. The Morgan fingerprint density at radius 1 is 1.22 bits per heavy atom. The van der Waals surface area contributed by atoms with Crippen LogP contribution >= 0.6 is 0 Å². The van der Waals surface area contributed by atoms with E-state index in [0.717, 1.165) is 28.8 Å². The lowest BCUT2D eigenvalue weighted by atomic mass is 10.0. The molecule has 0 aliphatic rings. The summed E-state index contributed by atoms with van der Waals surface area (Å²) in [5.74, 6) is -0.769. The van der Waals surface area contributed by atoms with E-state index in [0.29, 0.717) is 0 Å². The molecule has 0 aliphatic heterocycles. The molecule has 1 aromatic heterocycles. The van der Waals surface area contributed by atoms with Crippen LogP contribution < -0.4 is 0 Å². The van der Waals surface area contributed by atoms with Crippen molar-refractivity contribution in [1.82, 2.24) is 4.57 Å². The van der Waals surface area contributed by atoms with Crippen LogP contribution in [0.25, 0.3) is 10.9 Å². The molecule has 0 saturated carbocycles. The largest absolute Gasteiger partial charge is 0.481 e. The minimum Gasteiger partial charge on any atom is -0.481 e. The smallest absolute Gasteiger partial charge is 0.307 e. The maximum Gasteiger partial charge on any atom is 0.307 e. The molecule has 0 saturated heterocycles. The number of nitrogens with zero attached hydrogens (tertiary/aromatic N) is 1. The van der Waals surface area contributed by atoms with Crippen molar-refractivity contribution in [3.63, 3.8) is 0 Å². The van der Waals surface area contributed by atoms with Gasteiger partial charge in [0.15, 0.2) is 0 Å². The van der Waals surface area contributed by atoms with Crippen LogP contribution in [-0.2, 0) is 17.8 Å². The summed E-state index contributed by atoms with van der Waals surface area (Å²) in [4.78, 5) is 11.0. The van der Waals surface area contributed by atoms with E-state index in [1.165, 1.54) is 11.1 Å². The Morgan fingerprint density at radius 3 is 2.39 bits per heavy atom. The first-order valence-corrected chi connectivity index (χ1v) is 6.27. The van der Waals surface area contributed by atoms with Gasteiger partial charge in [0.05, 0.1) is 11.9 Å². The summed E-state index contributed by atoms with van der Waals surface area (Å²) < 4.78 is 2.22. The van der Waals surface area contributed by atoms with Crippen LogP contribution in [0.3, 0.4) is 0 Å². The van der Waals surface area contributed by atoms with Gasteiger partial charge in [0.1, 0.15) is 0 Å². The molecule has 1 heterocycles. The lowest BCUT2D eigenvalue weighted by Crippen LogP contribution is -2.03. The van der Waals surface area contributed by atoms with Crippen LogP contribution in [0.4, 0.5) is 0 Å². The minimum atomic E-state index is -0.769. The number of carboxylic acids is 1. The second kappa shape index (κ2) is 4.48. The van der Waals surface area contributed by atoms with Gasteiger partial charge < -0.3 is 9.67 Å². The molecule has 3 heteroatoms. The van der Waals surface area contributed by atoms with Gasteiger partial charge in [-0.1, -0.05) is 12.1 Å². The number of benzene rings is 1. The summed E-state index contributed by atoms with van der Waals surface area (Å²) in [6, 6.07) is 4.18. The quantitative estimate of drug-likeness (QED) is 0.902. The third-order valence-corrected chi connectivity index (χ3v) is 3.65. The van der Waals surface area contributed by atoms with E-state index in [-0.39, 0.29) is 6.42 Å². The van der Waals surface area contributed by atoms with Crippen molar-refractivity contribution < 1.29 is 9.90 Å². The molecule has 0 fully saturated rings. The minimum absolute atomic E-state index is 0.0969. The van der Waals surface area contributed by atoms with Gasteiger partial charge in [-0.25, -0.2) is 0 Å². The topological polar surface area (TPSA) is 42.2 Å². The molecule has 0 bridgehead atoms. The van der Waals surface area contributed by atoms with Gasteiger partial charge in [-0.05, 0) is 44.4 Å². The van der Waals surface area contributed by atoms with E-state index in [1.807, 2.05) is 13.8 Å². The summed E-state index contributed by atoms with van der Waals surface area (Å²) in [7, 11) is 0. The van der Waals surface area contributed by atoms with E-state index < -0.39 is 5.97 Å². The molecule has 3 nitrogen and oxygen atoms in total. The van der Waals surface area contributed by atoms with Gasteiger partial charge in [-0.3, -0.25) is 4.79 Å². The third kappa shape index (κ3) is 1.80. The second-order valence-electron chi connectivity index (χ2n) is 4.80. The predicted octanol–water partition coefficient (Wildman–Crippen LogP) is 3.21. The standard InChI is InChI=1S/C15H19NO2/c1-5-16-11(4)12(8-13(17)18)14-9(2)6-7-10(3)15(14)16/h6-7H,5,8H2,1-4H3,(H,17,18). The molecule has 0 radical (unpaired) electrons. The fourth-order valence-electron chi connectivity index (χ4n) is 2.80. The maximum atomic E-state index is 11.0. The summed E-state index contributed by atoms with van der Waals surface area (Å²) in [6.07, 6.45) is 0.0969. The maximum absolute atomic E-state index is 11.0. The van der Waals surface area contributed by atoms with Crippen molar-refractivity contribution in [1.29, 1.82) is 0 Å². The van der Waals surface area contributed by atoms with Crippen LogP contribution in [0, 0.1) is 20.8 Å². The van der Waals surface area contributed by atoms with Crippen molar-refractivity contribution in [2.75, 3.05) is 0 Å². The third-order valence-electron chi connectivity index (χ3n) is 3.65. The lowest BCUT2D eigenvalue weighted by molar-refractivity contribution is -0.136. The molecule has 18 heavy (non-hydrogen) atoms. The first kappa shape index (κ1) is 12.7. The second-order valence-corrected chi connectivity index (χ2v) is 4.80. The molecule has 1 N–H and O–H groups in total. The normalized spacial score (nSPS) is 11.1. The SMILES string of the molecule is CCn1c(C)c(CC(=O)O)c2c(C)ccc(C)c21. The number of aromatic nitrogens is 1. The van der Waals surface area contributed by atoms with E-state index in [2.05, 4.69) is 30.5 Å². The number of rotatable bonds is 3. The Kier molecular flexibility index (Phi) is 3.16. The zero-order valence-corrected chi connectivity index (χ0v) is 11.4. The molecule has 0 unspecified atom stereocenters. The Morgan fingerprint density at radius 2 is 1.83 bits per heavy atom. The Hall–Kier alpha value is -1.77. The van der Waals surface area contributed by atoms with E-state index in [9.17, 15) is 4.79 Å². The molecular weight excluding hydrogens is 226 g/mol. The van der Waals surface area contributed by atoms with Gasteiger partial charge in [-0.15, -0.1) is 0 Å². The van der Waals surface area contributed by atoms with Crippen LogP contribution in [0.1, 0.15) is 29.3 Å². The first-order valence-electron chi connectivity index (χ1n) is 6.27. The summed E-state index contributed by atoms with van der Waals surface area (Å²) in [5, 5.41) is 10.2. The molecule has 0 spiro atoms. The molecule has 96 valence electrons.